The van der Waals surface area contributed by atoms with Crippen molar-refractivity contribution in [1.29, 1.82) is 0 Å². The summed E-state index contributed by atoms with van der Waals surface area (Å²) in [6.45, 7) is 6.34. The summed E-state index contributed by atoms with van der Waals surface area (Å²) in [6, 6.07) is 0.130. The topological polar surface area (TPSA) is 73.2 Å². The first kappa shape index (κ1) is 14.2. The van der Waals surface area contributed by atoms with Crippen LogP contribution in [0.25, 0.3) is 0 Å². The van der Waals surface area contributed by atoms with Gasteiger partial charge in [0.1, 0.15) is 0 Å². The molecule has 0 fully saturated rings. The molecule has 100 valence electrons. The van der Waals surface area contributed by atoms with Crippen LogP contribution in [0, 0.1) is 0 Å². The molecular formula is C12H19N3O3. The molecule has 0 saturated heterocycles. The molecule has 1 aromatic rings. The zero-order chi connectivity index (χ0) is 13.5. The Morgan fingerprint density at radius 1 is 1.50 bits per heavy atom. The maximum atomic E-state index is 11.4. The molecule has 1 rings (SSSR count). The number of aromatic nitrogens is 2. The highest BCUT2D eigenvalue weighted by Gasteiger charge is 2.10. The molecule has 6 heteroatoms. The van der Waals surface area contributed by atoms with Gasteiger partial charge in [0.15, 0.2) is 0 Å². The monoisotopic (exact) mass is 253 g/mol. The molecule has 1 aromatic heterocycles. The van der Waals surface area contributed by atoms with E-state index in [1.54, 1.807) is 17.8 Å². The van der Waals surface area contributed by atoms with Gasteiger partial charge in [-0.25, -0.2) is 4.79 Å². The van der Waals surface area contributed by atoms with Crippen LogP contribution in [0.1, 0.15) is 37.6 Å². The number of esters is 1. The minimum atomic E-state index is -0.393. The van der Waals surface area contributed by atoms with E-state index in [1.807, 2.05) is 13.8 Å². The molecule has 0 saturated carbocycles. The lowest BCUT2D eigenvalue weighted by Gasteiger charge is -2.07. The van der Waals surface area contributed by atoms with Crippen molar-refractivity contribution < 1.29 is 14.3 Å². The Hall–Kier alpha value is -1.85. The average Bonchev–Trinajstić information content (AvgIpc) is 2.74. The highest BCUT2D eigenvalue weighted by molar-refractivity contribution is 5.88. The predicted octanol–water partition coefficient (Wildman–Crippen LogP) is 0.974. The second kappa shape index (κ2) is 6.78. The van der Waals surface area contributed by atoms with E-state index in [1.165, 1.54) is 6.20 Å². The number of hydrogen-bond acceptors (Lipinski definition) is 4. The number of amides is 1. The van der Waals surface area contributed by atoms with Crippen LogP contribution in [0.15, 0.2) is 12.4 Å². The number of nitrogens with zero attached hydrogens (tertiary/aromatic N) is 2. The van der Waals surface area contributed by atoms with Gasteiger partial charge in [0.25, 0.3) is 0 Å². The third kappa shape index (κ3) is 4.57. The van der Waals surface area contributed by atoms with Crippen LogP contribution in [0.2, 0.25) is 0 Å². The third-order valence-corrected chi connectivity index (χ3v) is 2.16. The zero-order valence-corrected chi connectivity index (χ0v) is 11.0. The van der Waals surface area contributed by atoms with Crippen molar-refractivity contribution in [3.05, 3.63) is 18.0 Å². The van der Waals surface area contributed by atoms with E-state index in [0.717, 1.165) is 0 Å². The van der Waals surface area contributed by atoms with E-state index >= 15 is 0 Å². The molecule has 0 bridgehead atoms. The van der Waals surface area contributed by atoms with Gasteiger partial charge in [0.05, 0.1) is 18.4 Å². The van der Waals surface area contributed by atoms with Crippen LogP contribution in [0.3, 0.4) is 0 Å². The molecule has 1 heterocycles. The van der Waals surface area contributed by atoms with Crippen LogP contribution in [0.4, 0.5) is 0 Å². The summed E-state index contributed by atoms with van der Waals surface area (Å²) in [6.07, 6.45) is 3.36. The molecule has 6 nitrogen and oxygen atoms in total. The summed E-state index contributed by atoms with van der Waals surface area (Å²) in [7, 11) is 0. The second-order valence-electron chi connectivity index (χ2n) is 4.18. The number of rotatable bonds is 6. The SMILES string of the molecule is CCOC(=O)c1cnn(CCC(=O)NC(C)C)c1. The molecule has 0 radical (unpaired) electrons. The number of hydrogen-bond donors (Lipinski definition) is 1. The molecule has 0 aromatic carbocycles. The van der Waals surface area contributed by atoms with E-state index in [2.05, 4.69) is 10.4 Å². The average molecular weight is 253 g/mol. The minimum absolute atomic E-state index is 0.0295. The standard InChI is InChI=1S/C12H19N3O3/c1-4-18-12(17)10-7-13-15(8-10)6-5-11(16)14-9(2)3/h7-9H,4-6H2,1-3H3,(H,14,16). The molecule has 0 unspecified atom stereocenters. The summed E-state index contributed by atoms with van der Waals surface area (Å²) < 4.78 is 6.41. The van der Waals surface area contributed by atoms with Gasteiger partial charge in [-0.2, -0.15) is 5.10 Å². The van der Waals surface area contributed by atoms with Gasteiger partial charge in [-0.1, -0.05) is 0 Å². The fourth-order valence-electron chi connectivity index (χ4n) is 1.42. The molecule has 18 heavy (non-hydrogen) atoms. The Morgan fingerprint density at radius 3 is 2.83 bits per heavy atom. The van der Waals surface area contributed by atoms with E-state index < -0.39 is 5.97 Å². The Labute approximate surface area is 106 Å². The Kier molecular flexibility index (Phi) is 5.35. The first-order valence-electron chi connectivity index (χ1n) is 6.02. The molecule has 1 amide bonds. The highest BCUT2D eigenvalue weighted by Crippen LogP contribution is 2.01. The third-order valence-electron chi connectivity index (χ3n) is 2.16. The molecule has 1 N–H and O–H groups in total. The van der Waals surface area contributed by atoms with Gasteiger partial charge in [-0.05, 0) is 20.8 Å². The fourth-order valence-corrected chi connectivity index (χ4v) is 1.42. The van der Waals surface area contributed by atoms with Crippen molar-refractivity contribution >= 4 is 11.9 Å². The summed E-state index contributed by atoms with van der Waals surface area (Å²) in [5.41, 5.74) is 0.404. The Morgan fingerprint density at radius 2 is 2.22 bits per heavy atom. The lowest BCUT2D eigenvalue weighted by atomic mass is 10.3. The minimum Gasteiger partial charge on any atom is -0.462 e. The fraction of sp³-hybridized carbons (Fsp3) is 0.583. The molecule has 0 aliphatic carbocycles. The molecule has 0 spiro atoms. The largest absolute Gasteiger partial charge is 0.462 e. The van der Waals surface area contributed by atoms with Crippen molar-refractivity contribution in [2.45, 2.75) is 39.8 Å². The number of nitrogens with one attached hydrogen (secondary N) is 1. The molecule has 0 atom stereocenters. The Bertz CT molecular complexity index is 412. The lowest BCUT2D eigenvalue weighted by Crippen LogP contribution is -2.30. The number of ether oxygens (including phenoxy) is 1. The first-order chi connectivity index (χ1) is 8.52. The van der Waals surface area contributed by atoms with Gasteiger partial charge in [0.2, 0.25) is 5.91 Å². The second-order valence-corrected chi connectivity index (χ2v) is 4.18. The molecule has 0 aliphatic heterocycles. The molecular weight excluding hydrogens is 234 g/mol. The number of aryl methyl sites for hydroxylation is 1. The van der Waals surface area contributed by atoms with Gasteiger partial charge in [0, 0.05) is 25.2 Å². The summed E-state index contributed by atoms with van der Waals surface area (Å²) in [5.74, 6) is -0.423. The molecule has 0 aliphatic rings. The lowest BCUT2D eigenvalue weighted by molar-refractivity contribution is -0.121. The van der Waals surface area contributed by atoms with Crippen molar-refractivity contribution in [2.75, 3.05) is 6.61 Å². The zero-order valence-electron chi connectivity index (χ0n) is 11.0. The van der Waals surface area contributed by atoms with Gasteiger partial charge in [-0.3, -0.25) is 9.48 Å². The van der Waals surface area contributed by atoms with E-state index in [-0.39, 0.29) is 11.9 Å². The van der Waals surface area contributed by atoms with Crippen LogP contribution < -0.4 is 5.32 Å². The van der Waals surface area contributed by atoms with E-state index in [4.69, 9.17) is 4.74 Å². The van der Waals surface area contributed by atoms with Crippen molar-refractivity contribution in [2.24, 2.45) is 0 Å². The summed E-state index contributed by atoms with van der Waals surface area (Å²) >= 11 is 0. The quantitative estimate of drug-likeness (QED) is 0.767. The predicted molar refractivity (Wildman–Crippen MR) is 66.1 cm³/mol. The van der Waals surface area contributed by atoms with Crippen molar-refractivity contribution in [3.8, 4) is 0 Å². The van der Waals surface area contributed by atoms with E-state index in [0.29, 0.717) is 25.1 Å². The number of carbonyl (C=O) groups excluding carboxylic acids is 2. The number of carbonyl (C=O) groups is 2. The maximum Gasteiger partial charge on any atom is 0.341 e. The van der Waals surface area contributed by atoms with Crippen LogP contribution in [-0.4, -0.2) is 34.3 Å². The maximum absolute atomic E-state index is 11.4. The first-order valence-corrected chi connectivity index (χ1v) is 6.02. The van der Waals surface area contributed by atoms with Crippen LogP contribution in [-0.2, 0) is 16.1 Å². The van der Waals surface area contributed by atoms with Crippen molar-refractivity contribution in [1.82, 2.24) is 15.1 Å². The Balaban J connectivity index is 2.44. The normalized spacial score (nSPS) is 10.4. The highest BCUT2D eigenvalue weighted by atomic mass is 16.5. The summed E-state index contributed by atoms with van der Waals surface area (Å²) in [4.78, 5) is 22.8. The van der Waals surface area contributed by atoms with Gasteiger partial charge >= 0.3 is 5.97 Å². The summed E-state index contributed by atoms with van der Waals surface area (Å²) in [5, 5.41) is 6.80. The van der Waals surface area contributed by atoms with Crippen LogP contribution in [0.5, 0.6) is 0 Å². The van der Waals surface area contributed by atoms with Crippen LogP contribution >= 0.6 is 0 Å². The van der Waals surface area contributed by atoms with Gasteiger partial charge in [-0.15, -0.1) is 0 Å². The van der Waals surface area contributed by atoms with E-state index in [9.17, 15) is 9.59 Å². The van der Waals surface area contributed by atoms with Gasteiger partial charge < -0.3 is 10.1 Å². The smallest absolute Gasteiger partial charge is 0.341 e. The van der Waals surface area contributed by atoms with Crippen molar-refractivity contribution in [3.63, 3.8) is 0 Å².